The summed E-state index contributed by atoms with van der Waals surface area (Å²) < 4.78 is 0. The lowest BCUT2D eigenvalue weighted by molar-refractivity contribution is 1.08. The number of hydrogen-bond donors (Lipinski definition) is 1. The molecule has 2 aromatic rings. The normalized spacial score (nSPS) is 9.71. The van der Waals surface area contributed by atoms with Crippen molar-refractivity contribution in [3.05, 3.63) is 41.5 Å². The first-order chi connectivity index (χ1) is 8.19. The first-order valence-corrected chi connectivity index (χ1v) is 5.12. The molecule has 0 bridgehead atoms. The number of anilines is 2. The summed E-state index contributed by atoms with van der Waals surface area (Å²) in [6.07, 6.45) is 3.42. The van der Waals surface area contributed by atoms with E-state index >= 15 is 0 Å². The van der Waals surface area contributed by atoms with E-state index in [-0.39, 0.29) is 0 Å². The van der Waals surface area contributed by atoms with E-state index in [1.807, 2.05) is 26.0 Å². The lowest BCUT2D eigenvalue weighted by Crippen LogP contribution is -2.01. The van der Waals surface area contributed by atoms with Crippen molar-refractivity contribution in [1.29, 1.82) is 5.26 Å². The summed E-state index contributed by atoms with van der Waals surface area (Å²) >= 11 is 0. The molecule has 0 aliphatic heterocycles. The number of pyridine rings is 1. The SMILES string of the molecule is Cc1cc(C#N)nc(Nc2cnccc2C)n1. The molecular weight excluding hydrogens is 214 g/mol. The van der Waals surface area contributed by atoms with E-state index in [4.69, 9.17) is 5.26 Å². The van der Waals surface area contributed by atoms with Gasteiger partial charge < -0.3 is 5.32 Å². The highest BCUT2D eigenvalue weighted by molar-refractivity contribution is 5.56. The third kappa shape index (κ3) is 2.55. The van der Waals surface area contributed by atoms with Crippen LogP contribution in [0.4, 0.5) is 11.6 Å². The third-order valence-corrected chi connectivity index (χ3v) is 2.25. The molecule has 0 atom stereocenters. The van der Waals surface area contributed by atoms with Gasteiger partial charge in [-0.3, -0.25) is 4.98 Å². The summed E-state index contributed by atoms with van der Waals surface area (Å²) in [5, 5.41) is 11.9. The highest BCUT2D eigenvalue weighted by atomic mass is 15.1. The molecule has 0 radical (unpaired) electrons. The Labute approximate surface area is 99.2 Å². The summed E-state index contributed by atoms with van der Waals surface area (Å²) in [4.78, 5) is 12.3. The zero-order valence-electron chi connectivity index (χ0n) is 9.60. The van der Waals surface area contributed by atoms with Crippen LogP contribution >= 0.6 is 0 Å². The maximum absolute atomic E-state index is 8.83. The van der Waals surface area contributed by atoms with Gasteiger partial charge in [-0.15, -0.1) is 0 Å². The van der Waals surface area contributed by atoms with Gasteiger partial charge in [0.1, 0.15) is 11.8 Å². The van der Waals surface area contributed by atoms with Crippen molar-refractivity contribution in [2.45, 2.75) is 13.8 Å². The summed E-state index contributed by atoms with van der Waals surface area (Å²) in [5.74, 6) is 0.414. The zero-order chi connectivity index (χ0) is 12.3. The largest absolute Gasteiger partial charge is 0.323 e. The van der Waals surface area contributed by atoms with Crippen molar-refractivity contribution in [1.82, 2.24) is 15.0 Å². The zero-order valence-corrected chi connectivity index (χ0v) is 9.60. The highest BCUT2D eigenvalue weighted by Crippen LogP contribution is 2.16. The van der Waals surface area contributed by atoms with E-state index in [1.54, 1.807) is 18.5 Å². The van der Waals surface area contributed by atoms with Crippen LogP contribution in [0.15, 0.2) is 24.5 Å². The van der Waals surface area contributed by atoms with Crippen LogP contribution in [0.5, 0.6) is 0 Å². The quantitative estimate of drug-likeness (QED) is 0.847. The Morgan fingerprint density at radius 2 is 2.12 bits per heavy atom. The Bertz CT molecular complexity index is 586. The van der Waals surface area contributed by atoms with Gasteiger partial charge in [0.2, 0.25) is 5.95 Å². The molecule has 0 saturated carbocycles. The highest BCUT2D eigenvalue weighted by Gasteiger charge is 2.03. The minimum atomic E-state index is 0.349. The first kappa shape index (κ1) is 11.0. The summed E-state index contributed by atoms with van der Waals surface area (Å²) in [7, 11) is 0. The third-order valence-electron chi connectivity index (χ3n) is 2.25. The molecule has 2 aromatic heterocycles. The van der Waals surface area contributed by atoms with Gasteiger partial charge in [-0.05, 0) is 31.5 Å². The van der Waals surface area contributed by atoms with Gasteiger partial charge in [0.05, 0.1) is 11.9 Å². The van der Waals surface area contributed by atoms with Crippen molar-refractivity contribution in [2.24, 2.45) is 0 Å². The minimum Gasteiger partial charge on any atom is -0.323 e. The van der Waals surface area contributed by atoms with Crippen LogP contribution in [0.25, 0.3) is 0 Å². The van der Waals surface area contributed by atoms with Crippen LogP contribution in [0.3, 0.4) is 0 Å². The lowest BCUT2D eigenvalue weighted by atomic mass is 10.2. The number of aryl methyl sites for hydroxylation is 2. The van der Waals surface area contributed by atoms with Crippen LogP contribution in [-0.2, 0) is 0 Å². The number of aromatic nitrogens is 3. The molecule has 5 nitrogen and oxygen atoms in total. The molecule has 2 heterocycles. The second-order valence-electron chi connectivity index (χ2n) is 3.65. The van der Waals surface area contributed by atoms with Crippen molar-refractivity contribution in [2.75, 3.05) is 5.32 Å². The predicted octanol–water partition coefficient (Wildman–Crippen LogP) is 2.10. The van der Waals surface area contributed by atoms with Crippen molar-refractivity contribution in [3.8, 4) is 6.07 Å². The van der Waals surface area contributed by atoms with E-state index in [2.05, 4.69) is 20.3 Å². The fraction of sp³-hybridized carbons (Fsp3) is 0.167. The van der Waals surface area contributed by atoms with E-state index in [0.717, 1.165) is 16.9 Å². The van der Waals surface area contributed by atoms with Crippen LogP contribution in [0, 0.1) is 25.2 Å². The molecule has 0 unspecified atom stereocenters. The maximum atomic E-state index is 8.83. The fourth-order valence-corrected chi connectivity index (χ4v) is 1.40. The number of hydrogen-bond acceptors (Lipinski definition) is 5. The Hall–Kier alpha value is -2.48. The fourth-order valence-electron chi connectivity index (χ4n) is 1.40. The second kappa shape index (κ2) is 4.58. The average molecular weight is 225 g/mol. The molecule has 0 aromatic carbocycles. The molecule has 5 heteroatoms. The van der Waals surface area contributed by atoms with Crippen molar-refractivity contribution in [3.63, 3.8) is 0 Å². The number of rotatable bonds is 2. The van der Waals surface area contributed by atoms with Crippen molar-refractivity contribution >= 4 is 11.6 Å². The topological polar surface area (TPSA) is 74.5 Å². The van der Waals surface area contributed by atoms with Gasteiger partial charge in [0.25, 0.3) is 0 Å². The molecule has 1 N–H and O–H groups in total. The number of nitrogens with one attached hydrogen (secondary N) is 1. The van der Waals surface area contributed by atoms with Gasteiger partial charge >= 0.3 is 0 Å². The van der Waals surface area contributed by atoms with E-state index < -0.39 is 0 Å². The van der Waals surface area contributed by atoms with E-state index in [1.165, 1.54) is 0 Å². The molecule has 84 valence electrons. The van der Waals surface area contributed by atoms with Gasteiger partial charge in [0.15, 0.2) is 0 Å². The van der Waals surface area contributed by atoms with Gasteiger partial charge in [-0.1, -0.05) is 0 Å². The number of nitriles is 1. The van der Waals surface area contributed by atoms with Crippen LogP contribution in [0.1, 0.15) is 17.0 Å². The van der Waals surface area contributed by atoms with Gasteiger partial charge in [-0.2, -0.15) is 5.26 Å². The minimum absolute atomic E-state index is 0.349. The smallest absolute Gasteiger partial charge is 0.228 e. The van der Waals surface area contributed by atoms with Gasteiger partial charge in [-0.25, -0.2) is 9.97 Å². The Kier molecular flexibility index (Phi) is 2.97. The van der Waals surface area contributed by atoms with Gasteiger partial charge in [0, 0.05) is 11.9 Å². The van der Waals surface area contributed by atoms with Crippen molar-refractivity contribution < 1.29 is 0 Å². The maximum Gasteiger partial charge on any atom is 0.228 e. The van der Waals surface area contributed by atoms with E-state index in [9.17, 15) is 0 Å². The monoisotopic (exact) mass is 225 g/mol. The second-order valence-corrected chi connectivity index (χ2v) is 3.65. The molecule has 2 rings (SSSR count). The molecule has 0 aliphatic rings. The molecule has 0 aliphatic carbocycles. The molecule has 0 saturated heterocycles. The summed E-state index contributed by atoms with van der Waals surface area (Å²) in [5.41, 5.74) is 2.98. The average Bonchev–Trinajstić information content (AvgIpc) is 2.31. The molecule has 0 fully saturated rings. The van der Waals surface area contributed by atoms with Crippen LogP contribution < -0.4 is 5.32 Å². The number of nitrogens with zero attached hydrogens (tertiary/aromatic N) is 4. The molecule has 0 spiro atoms. The summed E-state index contributed by atoms with van der Waals surface area (Å²) in [6.45, 7) is 3.79. The first-order valence-electron chi connectivity index (χ1n) is 5.12. The predicted molar refractivity (Wildman–Crippen MR) is 63.7 cm³/mol. The Balaban J connectivity index is 2.34. The molecule has 0 amide bonds. The van der Waals surface area contributed by atoms with Crippen LogP contribution in [-0.4, -0.2) is 15.0 Å². The molecular formula is C12H11N5. The van der Waals surface area contributed by atoms with Crippen LogP contribution in [0.2, 0.25) is 0 Å². The Morgan fingerprint density at radius 1 is 1.29 bits per heavy atom. The lowest BCUT2D eigenvalue weighted by Gasteiger charge is -2.07. The summed E-state index contributed by atoms with van der Waals surface area (Å²) in [6, 6.07) is 5.53. The molecule has 17 heavy (non-hydrogen) atoms. The Morgan fingerprint density at radius 3 is 2.82 bits per heavy atom. The van der Waals surface area contributed by atoms with E-state index in [0.29, 0.717) is 11.6 Å². The standard InChI is InChI=1S/C12H11N5/c1-8-3-4-14-7-11(8)17-12-15-9(2)5-10(6-13)16-12/h3-5,7H,1-2H3,(H,15,16,17).